The van der Waals surface area contributed by atoms with Gasteiger partial charge in [-0.25, -0.2) is 12.8 Å². The van der Waals surface area contributed by atoms with Crippen molar-refractivity contribution in [2.45, 2.75) is 40.2 Å². The minimum absolute atomic E-state index is 0.0741. The van der Waals surface area contributed by atoms with Crippen molar-refractivity contribution in [2.75, 3.05) is 17.6 Å². The van der Waals surface area contributed by atoms with Gasteiger partial charge < -0.3 is 4.74 Å². The zero-order valence-corrected chi connectivity index (χ0v) is 14.3. The first-order chi connectivity index (χ1) is 9.49. The first-order valence-electron chi connectivity index (χ1n) is 6.89. The van der Waals surface area contributed by atoms with E-state index in [0.29, 0.717) is 5.75 Å². The molecule has 0 aliphatic carbocycles. The third kappa shape index (κ3) is 4.33. The highest BCUT2D eigenvalue weighted by molar-refractivity contribution is 7.92. The lowest BCUT2D eigenvalue weighted by Gasteiger charge is -2.32. The van der Waals surface area contributed by atoms with Crippen LogP contribution in [0.3, 0.4) is 0 Å². The Morgan fingerprint density at radius 3 is 2.43 bits per heavy atom. The van der Waals surface area contributed by atoms with Gasteiger partial charge in [-0.3, -0.25) is 4.31 Å². The van der Waals surface area contributed by atoms with Gasteiger partial charge in [0.25, 0.3) is 0 Å². The maximum Gasteiger partial charge on any atom is 0.232 e. The fourth-order valence-electron chi connectivity index (χ4n) is 1.65. The van der Waals surface area contributed by atoms with Crippen molar-refractivity contribution in [2.24, 2.45) is 5.41 Å². The van der Waals surface area contributed by atoms with Gasteiger partial charge in [0.05, 0.1) is 11.9 Å². The minimum atomic E-state index is -3.49. The molecule has 0 bridgehead atoms. The van der Waals surface area contributed by atoms with Gasteiger partial charge in [-0.05, 0) is 25.5 Å². The van der Waals surface area contributed by atoms with E-state index in [2.05, 4.69) is 20.8 Å². The number of rotatable bonds is 6. The molecule has 0 saturated carbocycles. The molecule has 4 nitrogen and oxygen atoms in total. The van der Waals surface area contributed by atoms with Crippen LogP contribution in [0.1, 0.15) is 34.1 Å². The number of ether oxygens (including phenoxy) is 1. The first-order valence-corrected chi connectivity index (χ1v) is 8.74. The summed E-state index contributed by atoms with van der Waals surface area (Å²) >= 11 is 0. The van der Waals surface area contributed by atoms with Crippen molar-refractivity contribution >= 4 is 15.7 Å². The number of sulfonamides is 1. The summed E-state index contributed by atoms with van der Waals surface area (Å²) in [6.07, 6.45) is 1.84. The Labute approximate surface area is 127 Å². The van der Waals surface area contributed by atoms with Crippen molar-refractivity contribution in [1.82, 2.24) is 0 Å². The Kier molecular flexibility index (Phi) is 5.25. The Morgan fingerprint density at radius 1 is 1.38 bits per heavy atom. The second-order valence-electron chi connectivity index (χ2n) is 5.94. The highest BCUT2D eigenvalue weighted by Crippen LogP contribution is 2.34. The number of halogens is 1. The molecule has 1 unspecified atom stereocenters. The minimum Gasteiger partial charge on any atom is -0.488 e. The molecule has 0 spiro atoms. The van der Waals surface area contributed by atoms with Crippen molar-refractivity contribution in [3.8, 4) is 5.75 Å². The molecule has 0 fully saturated rings. The Morgan fingerprint density at radius 2 is 1.95 bits per heavy atom. The van der Waals surface area contributed by atoms with Crippen LogP contribution in [-0.2, 0) is 10.0 Å². The Bertz CT molecular complexity index is 599. The first kappa shape index (κ1) is 17.8. The number of hydrogen-bond acceptors (Lipinski definition) is 3. The van der Waals surface area contributed by atoms with Crippen LogP contribution in [0, 0.1) is 11.2 Å². The lowest BCUT2D eigenvalue weighted by Crippen LogP contribution is -2.32. The van der Waals surface area contributed by atoms with E-state index in [9.17, 15) is 12.8 Å². The molecular weight excluding hydrogens is 293 g/mol. The van der Waals surface area contributed by atoms with Crippen LogP contribution in [0.2, 0.25) is 0 Å². The molecule has 0 aliphatic heterocycles. The van der Waals surface area contributed by atoms with Crippen molar-refractivity contribution in [3.63, 3.8) is 0 Å². The monoisotopic (exact) mass is 317 g/mol. The summed E-state index contributed by atoms with van der Waals surface area (Å²) in [4.78, 5) is 0. The number of hydrogen-bond donors (Lipinski definition) is 0. The molecule has 0 N–H and O–H groups in total. The standard InChI is InChI=1S/C15H24FNO3S/c1-7-15(3,4)11(2)20-14-9-8-12(16)10-13(14)17(5)21(6,18)19/h8-11H,7H2,1-6H3. The van der Waals surface area contributed by atoms with Crippen molar-refractivity contribution in [3.05, 3.63) is 24.0 Å². The summed E-state index contributed by atoms with van der Waals surface area (Å²) in [7, 11) is -2.10. The summed E-state index contributed by atoms with van der Waals surface area (Å²) in [6, 6.07) is 3.90. The summed E-state index contributed by atoms with van der Waals surface area (Å²) in [5.74, 6) is -0.145. The quantitative estimate of drug-likeness (QED) is 0.807. The van der Waals surface area contributed by atoms with E-state index in [0.717, 1.165) is 17.0 Å². The van der Waals surface area contributed by atoms with Gasteiger partial charge in [-0.1, -0.05) is 20.8 Å². The fourth-order valence-corrected chi connectivity index (χ4v) is 2.15. The van der Waals surface area contributed by atoms with Gasteiger partial charge in [0.15, 0.2) is 0 Å². The largest absolute Gasteiger partial charge is 0.488 e. The molecule has 1 aromatic carbocycles. The summed E-state index contributed by atoms with van der Waals surface area (Å²) in [5, 5.41) is 0. The predicted molar refractivity (Wildman–Crippen MR) is 83.8 cm³/mol. The van der Waals surface area contributed by atoms with E-state index in [-0.39, 0.29) is 17.2 Å². The molecule has 0 aliphatic rings. The molecule has 1 rings (SSSR count). The van der Waals surface area contributed by atoms with Crippen LogP contribution in [0.25, 0.3) is 0 Å². The highest BCUT2D eigenvalue weighted by Gasteiger charge is 2.27. The van der Waals surface area contributed by atoms with Crippen LogP contribution in [0.5, 0.6) is 5.75 Å². The molecule has 0 heterocycles. The van der Waals surface area contributed by atoms with E-state index in [1.807, 2.05) is 6.92 Å². The molecule has 0 amide bonds. The van der Waals surface area contributed by atoms with E-state index in [1.54, 1.807) is 0 Å². The molecule has 0 radical (unpaired) electrons. The maximum atomic E-state index is 13.5. The normalized spacial score (nSPS) is 13.9. The zero-order valence-electron chi connectivity index (χ0n) is 13.5. The van der Waals surface area contributed by atoms with Crippen LogP contribution in [-0.4, -0.2) is 27.8 Å². The third-order valence-corrected chi connectivity index (χ3v) is 5.26. The Hall–Kier alpha value is -1.30. The van der Waals surface area contributed by atoms with E-state index < -0.39 is 15.8 Å². The molecule has 6 heteroatoms. The van der Waals surface area contributed by atoms with E-state index >= 15 is 0 Å². The molecule has 0 aromatic heterocycles. The predicted octanol–water partition coefficient (Wildman–Crippen LogP) is 3.43. The molecule has 21 heavy (non-hydrogen) atoms. The number of benzene rings is 1. The van der Waals surface area contributed by atoms with Crippen LogP contribution in [0.15, 0.2) is 18.2 Å². The lowest BCUT2D eigenvalue weighted by atomic mass is 9.85. The van der Waals surface area contributed by atoms with Gasteiger partial charge in [0, 0.05) is 18.5 Å². The van der Waals surface area contributed by atoms with Gasteiger partial charge >= 0.3 is 0 Å². The van der Waals surface area contributed by atoms with Gasteiger partial charge in [-0.2, -0.15) is 0 Å². The van der Waals surface area contributed by atoms with Gasteiger partial charge in [0.1, 0.15) is 17.7 Å². The van der Waals surface area contributed by atoms with Gasteiger partial charge in [-0.15, -0.1) is 0 Å². The molecule has 1 atom stereocenters. The maximum absolute atomic E-state index is 13.5. The summed E-state index contributed by atoms with van der Waals surface area (Å²) in [6.45, 7) is 8.13. The molecular formula is C15H24FNO3S. The SMILES string of the molecule is CCC(C)(C)C(C)Oc1ccc(F)cc1N(C)S(C)(=O)=O. The summed E-state index contributed by atoms with van der Waals surface area (Å²) < 4.78 is 43.7. The molecule has 0 saturated heterocycles. The van der Waals surface area contributed by atoms with Crippen LogP contribution in [0.4, 0.5) is 10.1 Å². The summed E-state index contributed by atoms with van der Waals surface area (Å²) in [5.41, 5.74) is 0.131. The van der Waals surface area contributed by atoms with E-state index in [4.69, 9.17) is 4.74 Å². The van der Waals surface area contributed by atoms with Crippen LogP contribution < -0.4 is 9.04 Å². The van der Waals surface area contributed by atoms with E-state index in [1.165, 1.54) is 25.2 Å². The molecule has 120 valence electrons. The smallest absolute Gasteiger partial charge is 0.232 e. The highest BCUT2D eigenvalue weighted by atomic mass is 32.2. The van der Waals surface area contributed by atoms with Crippen molar-refractivity contribution in [1.29, 1.82) is 0 Å². The second kappa shape index (κ2) is 6.22. The number of anilines is 1. The number of nitrogens with zero attached hydrogens (tertiary/aromatic N) is 1. The lowest BCUT2D eigenvalue weighted by molar-refractivity contribution is 0.0862. The zero-order chi connectivity index (χ0) is 16.4. The van der Waals surface area contributed by atoms with Crippen LogP contribution >= 0.6 is 0 Å². The van der Waals surface area contributed by atoms with Gasteiger partial charge in [0.2, 0.25) is 10.0 Å². The topological polar surface area (TPSA) is 46.6 Å². The van der Waals surface area contributed by atoms with Crippen molar-refractivity contribution < 1.29 is 17.5 Å². The fraction of sp³-hybridized carbons (Fsp3) is 0.600. The average molecular weight is 317 g/mol. The third-order valence-electron chi connectivity index (χ3n) is 4.07. The average Bonchev–Trinajstić information content (AvgIpc) is 2.38. The molecule has 1 aromatic rings. The Balaban J connectivity index is 3.20. The second-order valence-corrected chi connectivity index (χ2v) is 7.96.